The van der Waals surface area contributed by atoms with Gasteiger partial charge in [-0.3, -0.25) is 0 Å². The molecule has 0 radical (unpaired) electrons. The van der Waals surface area contributed by atoms with Crippen molar-refractivity contribution in [1.82, 2.24) is 9.88 Å². The Kier molecular flexibility index (Phi) is 5.89. The van der Waals surface area contributed by atoms with Crippen LogP contribution in [-0.2, 0) is 6.18 Å². The van der Waals surface area contributed by atoms with E-state index in [0.29, 0.717) is 16.4 Å². The van der Waals surface area contributed by atoms with Crippen LogP contribution in [0.3, 0.4) is 0 Å². The van der Waals surface area contributed by atoms with Crippen LogP contribution in [0.15, 0.2) is 35.3 Å². The monoisotopic (exact) mass is 370 g/mol. The highest BCUT2D eigenvalue weighted by atomic mass is 35.5. The minimum Gasteiger partial charge on any atom is -0.366 e. The van der Waals surface area contributed by atoms with Crippen LogP contribution in [0.4, 0.5) is 30.4 Å². The first kappa shape index (κ1) is 19.1. The average Bonchev–Trinajstić information content (AvgIpc) is 2.55. The lowest BCUT2D eigenvalue weighted by Crippen LogP contribution is -2.14. The number of benzene rings is 1. The summed E-state index contributed by atoms with van der Waals surface area (Å²) >= 11 is 6.11. The molecular formula is C17H18ClF3N4. The molecule has 1 heterocycles. The molecule has 0 aliphatic carbocycles. The van der Waals surface area contributed by atoms with Crippen LogP contribution in [0.2, 0.25) is 5.02 Å². The second-order valence-corrected chi connectivity index (χ2v) is 5.88. The van der Waals surface area contributed by atoms with Crippen molar-refractivity contribution in [3.63, 3.8) is 0 Å². The number of alkyl halides is 3. The molecule has 4 nitrogen and oxygen atoms in total. The molecule has 0 amide bonds. The summed E-state index contributed by atoms with van der Waals surface area (Å²) in [7, 11) is 1.88. The summed E-state index contributed by atoms with van der Waals surface area (Å²) in [6.07, 6.45) is -2.83. The van der Waals surface area contributed by atoms with E-state index in [2.05, 4.69) is 15.3 Å². The molecule has 0 unspecified atom stereocenters. The molecule has 0 fully saturated rings. The highest BCUT2D eigenvalue weighted by Crippen LogP contribution is 2.33. The zero-order chi connectivity index (χ0) is 18.6. The third kappa shape index (κ3) is 5.09. The number of rotatable bonds is 5. The standard InChI is InChI=1S/C17H18ClF3N4/c1-4-25(3)10-22-13-8-12(18)9-14(11(13)2)23-16-7-5-6-15(24-16)17(19,20)21/h5-10H,4H2,1-3H3,(H,23,24). The van der Waals surface area contributed by atoms with Gasteiger partial charge in [0, 0.05) is 24.3 Å². The first-order chi connectivity index (χ1) is 11.7. The Balaban J connectivity index is 2.34. The zero-order valence-corrected chi connectivity index (χ0v) is 14.8. The summed E-state index contributed by atoms with van der Waals surface area (Å²) in [6.45, 7) is 4.59. The van der Waals surface area contributed by atoms with E-state index in [1.54, 1.807) is 18.5 Å². The minimum atomic E-state index is -4.50. The second-order valence-electron chi connectivity index (χ2n) is 5.45. The number of pyridine rings is 1. The van der Waals surface area contributed by atoms with Gasteiger partial charge in [0.25, 0.3) is 0 Å². The Bertz CT molecular complexity index is 775. The largest absolute Gasteiger partial charge is 0.433 e. The molecule has 0 atom stereocenters. The lowest BCUT2D eigenvalue weighted by atomic mass is 10.1. The van der Waals surface area contributed by atoms with E-state index >= 15 is 0 Å². The molecule has 1 aromatic carbocycles. The van der Waals surface area contributed by atoms with Gasteiger partial charge in [-0.25, -0.2) is 9.98 Å². The molecule has 1 N–H and O–H groups in total. The fourth-order valence-corrected chi connectivity index (χ4v) is 2.18. The van der Waals surface area contributed by atoms with Gasteiger partial charge >= 0.3 is 6.18 Å². The molecule has 134 valence electrons. The number of hydrogen-bond acceptors (Lipinski definition) is 3. The van der Waals surface area contributed by atoms with Crippen LogP contribution in [0, 0.1) is 6.92 Å². The Morgan fingerprint density at radius 1 is 1.32 bits per heavy atom. The summed E-state index contributed by atoms with van der Waals surface area (Å²) in [5.74, 6) is 0.0841. The van der Waals surface area contributed by atoms with Crippen molar-refractivity contribution in [2.75, 3.05) is 18.9 Å². The van der Waals surface area contributed by atoms with Crippen molar-refractivity contribution in [2.24, 2.45) is 4.99 Å². The van der Waals surface area contributed by atoms with Crippen LogP contribution < -0.4 is 5.32 Å². The molecule has 2 rings (SSSR count). The van der Waals surface area contributed by atoms with Crippen molar-refractivity contribution in [1.29, 1.82) is 0 Å². The number of nitrogens with zero attached hydrogens (tertiary/aromatic N) is 3. The van der Waals surface area contributed by atoms with E-state index in [4.69, 9.17) is 11.6 Å². The van der Waals surface area contributed by atoms with E-state index in [1.165, 1.54) is 12.1 Å². The maximum absolute atomic E-state index is 12.8. The van der Waals surface area contributed by atoms with Gasteiger partial charge < -0.3 is 10.2 Å². The van der Waals surface area contributed by atoms with E-state index in [9.17, 15) is 13.2 Å². The number of hydrogen-bond donors (Lipinski definition) is 1. The number of halogens is 4. The highest BCUT2D eigenvalue weighted by Gasteiger charge is 2.32. The highest BCUT2D eigenvalue weighted by molar-refractivity contribution is 6.31. The number of anilines is 2. The van der Waals surface area contributed by atoms with E-state index in [-0.39, 0.29) is 5.82 Å². The minimum absolute atomic E-state index is 0.0841. The normalized spacial score (nSPS) is 11.8. The number of aromatic nitrogens is 1. The third-order valence-corrected chi connectivity index (χ3v) is 3.76. The lowest BCUT2D eigenvalue weighted by Gasteiger charge is -2.14. The van der Waals surface area contributed by atoms with Gasteiger partial charge in [-0.05, 0) is 43.7 Å². The van der Waals surface area contributed by atoms with E-state index in [1.807, 2.05) is 25.8 Å². The Morgan fingerprint density at radius 3 is 2.68 bits per heavy atom. The maximum Gasteiger partial charge on any atom is 0.433 e. The molecule has 25 heavy (non-hydrogen) atoms. The summed E-state index contributed by atoms with van der Waals surface area (Å²) in [5, 5.41) is 3.31. The predicted octanol–water partition coefficient (Wildman–Crippen LogP) is 5.42. The first-order valence-corrected chi connectivity index (χ1v) is 7.94. The van der Waals surface area contributed by atoms with Gasteiger partial charge in [0.05, 0.1) is 12.0 Å². The SMILES string of the molecule is CCN(C)C=Nc1cc(Cl)cc(Nc2cccc(C(F)(F)F)n2)c1C. The fraction of sp³-hybridized carbons (Fsp3) is 0.294. The van der Waals surface area contributed by atoms with Crippen molar-refractivity contribution < 1.29 is 13.2 Å². The summed E-state index contributed by atoms with van der Waals surface area (Å²) < 4.78 is 38.4. The topological polar surface area (TPSA) is 40.5 Å². The molecule has 2 aromatic rings. The second kappa shape index (κ2) is 7.74. The summed E-state index contributed by atoms with van der Waals surface area (Å²) in [4.78, 5) is 9.86. The van der Waals surface area contributed by atoms with Crippen molar-refractivity contribution >= 4 is 35.1 Å². The molecule has 0 spiro atoms. The number of nitrogens with one attached hydrogen (secondary N) is 1. The Morgan fingerprint density at radius 2 is 2.04 bits per heavy atom. The molecule has 0 saturated carbocycles. The lowest BCUT2D eigenvalue weighted by molar-refractivity contribution is -0.141. The molecule has 0 bridgehead atoms. The van der Waals surface area contributed by atoms with E-state index in [0.717, 1.165) is 18.2 Å². The van der Waals surface area contributed by atoms with Gasteiger partial charge in [0.2, 0.25) is 0 Å². The van der Waals surface area contributed by atoms with Crippen LogP contribution in [-0.4, -0.2) is 29.8 Å². The average molecular weight is 371 g/mol. The van der Waals surface area contributed by atoms with Crippen LogP contribution in [0.1, 0.15) is 18.2 Å². The molecule has 0 aliphatic rings. The van der Waals surface area contributed by atoms with Gasteiger partial charge in [-0.15, -0.1) is 0 Å². The first-order valence-electron chi connectivity index (χ1n) is 7.56. The molecule has 0 aliphatic heterocycles. The van der Waals surface area contributed by atoms with Crippen molar-refractivity contribution in [3.8, 4) is 0 Å². The van der Waals surface area contributed by atoms with Gasteiger partial charge in [-0.1, -0.05) is 17.7 Å². The van der Waals surface area contributed by atoms with Gasteiger partial charge in [0.15, 0.2) is 0 Å². The van der Waals surface area contributed by atoms with Gasteiger partial charge in [-0.2, -0.15) is 13.2 Å². The van der Waals surface area contributed by atoms with Crippen LogP contribution in [0.25, 0.3) is 0 Å². The Labute approximate surface area is 149 Å². The molecule has 8 heteroatoms. The van der Waals surface area contributed by atoms with E-state index < -0.39 is 11.9 Å². The fourth-order valence-electron chi connectivity index (χ4n) is 1.97. The zero-order valence-electron chi connectivity index (χ0n) is 14.0. The predicted molar refractivity (Wildman–Crippen MR) is 95.2 cm³/mol. The number of aliphatic imine (C=N–C) groups is 1. The summed E-state index contributed by atoms with van der Waals surface area (Å²) in [6, 6.07) is 7.01. The Hall–Kier alpha value is -2.28. The summed E-state index contributed by atoms with van der Waals surface area (Å²) in [5.41, 5.74) is 0.970. The molecule has 0 saturated heterocycles. The van der Waals surface area contributed by atoms with Crippen molar-refractivity contribution in [3.05, 3.63) is 46.6 Å². The third-order valence-electron chi connectivity index (χ3n) is 3.54. The quantitative estimate of drug-likeness (QED) is 0.564. The van der Waals surface area contributed by atoms with Gasteiger partial charge in [0.1, 0.15) is 11.5 Å². The molecule has 1 aromatic heterocycles. The smallest absolute Gasteiger partial charge is 0.366 e. The molecular weight excluding hydrogens is 353 g/mol. The maximum atomic E-state index is 12.8. The van der Waals surface area contributed by atoms with Crippen molar-refractivity contribution in [2.45, 2.75) is 20.0 Å². The van der Waals surface area contributed by atoms with Crippen LogP contribution in [0.5, 0.6) is 0 Å². The van der Waals surface area contributed by atoms with Crippen LogP contribution >= 0.6 is 11.6 Å².